The maximum atomic E-state index is 12.1. The first-order chi connectivity index (χ1) is 8.15. The first-order valence-electron chi connectivity index (χ1n) is 5.86. The lowest BCUT2D eigenvalue weighted by molar-refractivity contribution is 0.452. The van der Waals surface area contributed by atoms with Crippen molar-refractivity contribution in [2.45, 2.75) is 39.2 Å². The van der Waals surface area contributed by atoms with Gasteiger partial charge in [0.05, 0.1) is 0 Å². The quantitative estimate of drug-likeness (QED) is 0.837. The number of nitrogens with zero attached hydrogens (tertiary/aromatic N) is 2. The molecule has 17 heavy (non-hydrogen) atoms. The zero-order valence-corrected chi connectivity index (χ0v) is 10.9. The van der Waals surface area contributed by atoms with Crippen LogP contribution in [0.15, 0.2) is 27.2 Å². The molecule has 2 aromatic rings. The van der Waals surface area contributed by atoms with Gasteiger partial charge in [0.25, 0.3) is 5.56 Å². The number of aromatic nitrogens is 2. The molecular formula is C12H16N2O2S. The maximum absolute atomic E-state index is 12.1. The highest BCUT2D eigenvalue weighted by atomic mass is 32.1. The number of thiazole rings is 1. The minimum Gasteiger partial charge on any atom is -0.269 e. The van der Waals surface area contributed by atoms with E-state index < -0.39 is 0 Å². The highest BCUT2D eigenvalue weighted by Gasteiger charge is 2.12. The fourth-order valence-corrected chi connectivity index (χ4v) is 2.72. The van der Waals surface area contributed by atoms with Gasteiger partial charge >= 0.3 is 5.69 Å². The fourth-order valence-electron chi connectivity index (χ4n) is 1.97. The Balaban J connectivity index is 2.53. The molecule has 0 fully saturated rings. The number of rotatable bonds is 4. The lowest BCUT2D eigenvalue weighted by atomic mass is 10.1. The highest BCUT2D eigenvalue weighted by molar-refractivity contribution is 7.15. The van der Waals surface area contributed by atoms with E-state index in [1.165, 1.54) is 26.4 Å². The molecule has 2 rings (SSSR count). The van der Waals surface area contributed by atoms with Crippen molar-refractivity contribution in [2.24, 2.45) is 0 Å². The van der Waals surface area contributed by atoms with Crippen LogP contribution < -0.4 is 11.2 Å². The average molecular weight is 252 g/mol. The van der Waals surface area contributed by atoms with Crippen molar-refractivity contribution >= 4 is 16.2 Å². The van der Waals surface area contributed by atoms with Crippen molar-refractivity contribution in [1.82, 2.24) is 8.97 Å². The summed E-state index contributed by atoms with van der Waals surface area (Å²) in [5, 5.41) is 1.82. The Kier molecular flexibility index (Phi) is 3.47. The highest BCUT2D eigenvalue weighted by Crippen LogP contribution is 2.11. The van der Waals surface area contributed by atoms with E-state index in [0.29, 0.717) is 4.83 Å². The minimum absolute atomic E-state index is 0.0354. The molecule has 2 aromatic heterocycles. The van der Waals surface area contributed by atoms with Crippen LogP contribution in [0.4, 0.5) is 0 Å². The number of hydrogen-bond donors (Lipinski definition) is 0. The van der Waals surface area contributed by atoms with Crippen molar-refractivity contribution in [3.05, 3.63) is 38.5 Å². The van der Waals surface area contributed by atoms with E-state index in [1.54, 1.807) is 6.20 Å². The monoisotopic (exact) mass is 252 g/mol. The topological polar surface area (TPSA) is 43.5 Å². The van der Waals surface area contributed by atoms with Crippen LogP contribution in [-0.2, 0) is 0 Å². The molecule has 0 aromatic carbocycles. The van der Waals surface area contributed by atoms with Crippen molar-refractivity contribution in [2.75, 3.05) is 0 Å². The fraction of sp³-hybridized carbons (Fsp3) is 0.500. The van der Waals surface area contributed by atoms with Gasteiger partial charge in [0.15, 0.2) is 0 Å². The second-order valence-corrected chi connectivity index (χ2v) is 5.16. The summed E-state index contributed by atoms with van der Waals surface area (Å²) in [5.41, 5.74) is -0.418. The van der Waals surface area contributed by atoms with Gasteiger partial charge < -0.3 is 0 Å². The lowest BCUT2D eigenvalue weighted by Gasteiger charge is -2.13. The smallest absolute Gasteiger partial charge is 0.269 e. The first kappa shape index (κ1) is 12.1. The van der Waals surface area contributed by atoms with Crippen LogP contribution in [0.25, 0.3) is 4.83 Å². The Morgan fingerprint density at radius 1 is 1.41 bits per heavy atom. The van der Waals surface area contributed by atoms with Gasteiger partial charge in [-0.05, 0) is 13.3 Å². The summed E-state index contributed by atoms with van der Waals surface area (Å²) in [6, 6.07) is 1.50. The van der Waals surface area contributed by atoms with Crippen LogP contribution in [0.1, 0.15) is 39.2 Å². The third-order valence-electron chi connectivity index (χ3n) is 2.95. The van der Waals surface area contributed by atoms with Gasteiger partial charge in [-0.3, -0.25) is 13.8 Å². The third-order valence-corrected chi connectivity index (χ3v) is 3.76. The molecule has 0 N–H and O–H groups in total. The molecule has 0 amide bonds. The summed E-state index contributed by atoms with van der Waals surface area (Å²) in [7, 11) is 0. The van der Waals surface area contributed by atoms with Crippen LogP contribution in [0.2, 0.25) is 0 Å². The van der Waals surface area contributed by atoms with Crippen LogP contribution >= 0.6 is 11.3 Å². The molecule has 0 aliphatic carbocycles. The Labute approximate surface area is 103 Å². The second kappa shape index (κ2) is 4.87. The van der Waals surface area contributed by atoms with Crippen LogP contribution in [0, 0.1) is 0 Å². The summed E-state index contributed by atoms with van der Waals surface area (Å²) < 4.78 is 2.89. The van der Waals surface area contributed by atoms with E-state index in [1.807, 2.05) is 12.3 Å². The molecule has 0 radical (unpaired) electrons. The zero-order chi connectivity index (χ0) is 12.4. The van der Waals surface area contributed by atoms with E-state index in [2.05, 4.69) is 6.92 Å². The number of fused-ring (bicyclic) bond motifs is 1. The van der Waals surface area contributed by atoms with Crippen molar-refractivity contribution in [3.8, 4) is 0 Å². The summed E-state index contributed by atoms with van der Waals surface area (Å²) in [4.78, 5) is 24.8. The predicted molar refractivity (Wildman–Crippen MR) is 70.0 cm³/mol. The van der Waals surface area contributed by atoms with E-state index in [0.717, 1.165) is 19.3 Å². The number of hydrogen-bond acceptors (Lipinski definition) is 3. The molecule has 0 aliphatic rings. The summed E-state index contributed by atoms with van der Waals surface area (Å²) >= 11 is 1.40. The van der Waals surface area contributed by atoms with Gasteiger partial charge in [0.2, 0.25) is 0 Å². The lowest BCUT2D eigenvalue weighted by Crippen LogP contribution is -2.38. The number of unbranched alkanes of at least 4 members (excludes halogenated alkanes) is 1. The van der Waals surface area contributed by atoms with Gasteiger partial charge in [-0.25, -0.2) is 4.79 Å². The Morgan fingerprint density at radius 3 is 2.88 bits per heavy atom. The van der Waals surface area contributed by atoms with Gasteiger partial charge in [-0.1, -0.05) is 19.8 Å². The summed E-state index contributed by atoms with van der Waals surface area (Å²) in [5.74, 6) is 0. The van der Waals surface area contributed by atoms with Gasteiger partial charge in [0.1, 0.15) is 4.83 Å². The van der Waals surface area contributed by atoms with Crippen molar-refractivity contribution in [3.63, 3.8) is 0 Å². The molecule has 1 unspecified atom stereocenters. The average Bonchev–Trinajstić information content (AvgIpc) is 2.74. The molecule has 5 heteroatoms. The second-order valence-electron chi connectivity index (χ2n) is 4.24. The molecule has 0 bridgehead atoms. The Morgan fingerprint density at radius 2 is 2.18 bits per heavy atom. The van der Waals surface area contributed by atoms with E-state index in [9.17, 15) is 9.59 Å². The summed E-state index contributed by atoms with van der Waals surface area (Å²) in [6.45, 7) is 4.03. The molecule has 4 nitrogen and oxygen atoms in total. The largest absolute Gasteiger partial charge is 0.336 e. The minimum atomic E-state index is -0.225. The van der Waals surface area contributed by atoms with Crippen LogP contribution in [-0.4, -0.2) is 8.97 Å². The summed E-state index contributed by atoms with van der Waals surface area (Å²) in [6.07, 6.45) is 4.67. The molecule has 0 saturated heterocycles. The molecule has 0 spiro atoms. The van der Waals surface area contributed by atoms with Gasteiger partial charge in [0, 0.05) is 23.7 Å². The van der Waals surface area contributed by atoms with Crippen LogP contribution in [0.5, 0.6) is 0 Å². The molecule has 0 aliphatic heterocycles. The van der Waals surface area contributed by atoms with Crippen molar-refractivity contribution < 1.29 is 0 Å². The maximum Gasteiger partial charge on any atom is 0.336 e. The molecule has 2 heterocycles. The van der Waals surface area contributed by atoms with Crippen LogP contribution in [0.3, 0.4) is 0 Å². The van der Waals surface area contributed by atoms with Gasteiger partial charge in [-0.15, -0.1) is 11.3 Å². The Bertz CT molecular complexity index is 623. The molecule has 92 valence electrons. The van der Waals surface area contributed by atoms with E-state index >= 15 is 0 Å². The van der Waals surface area contributed by atoms with E-state index in [-0.39, 0.29) is 17.3 Å². The SMILES string of the molecule is CCCCC(C)n1c(=O)cc2sccn2c1=O. The van der Waals surface area contributed by atoms with Gasteiger partial charge in [-0.2, -0.15) is 0 Å². The first-order valence-corrected chi connectivity index (χ1v) is 6.74. The third kappa shape index (κ3) is 2.20. The predicted octanol–water partition coefficient (Wildman–Crippen LogP) is 2.27. The molecule has 1 atom stereocenters. The Hall–Kier alpha value is -1.36. The van der Waals surface area contributed by atoms with Crippen molar-refractivity contribution in [1.29, 1.82) is 0 Å². The molecular weight excluding hydrogens is 236 g/mol. The molecule has 0 saturated carbocycles. The van der Waals surface area contributed by atoms with E-state index in [4.69, 9.17) is 0 Å². The zero-order valence-electron chi connectivity index (χ0n) is 10.0. The standard InChI is InChI=1S/C12H16N2O2S/c1-3-4-5-9(2)14-10(15)8-11-13(12(14)16)6-7-17-11/h6-9H,3-5H2,1-2H3. The normalized spacial score (nSPS) is 13.1.